The van der Waals surface area contributed by atoms with E-state index in [-0.39, 0.29) is 0 Å². The average Bonchev–Trinajstić information content (AvgIpc) is 2.51. The second-order valence-electron chi connectivity index (χ2n) is 3.62. The molecule has 0 amide bonds. The van der Waals surface area contributed by atoms with Crippen molar-refractivity contribution in [3.05, 3.63) is 34.1 Å². The fourth-order valence-electron chi connectivity index (χ4n) is 1.36. The zero-order valence-corrected chi connectivity index (χ0v) is 10.9. The molecule has 0 aliphatic rings. The SMILES string of the molecule is Cc1cc(Oc2cc(C)c(Br)cn2)n(C)n1. The van der Waals surface area contributed by atoms with Crippen molar-refractivity contribution >= 4 is 15.9 Å². The molecule has 5 heteroatoms. The summed E-state index contributed by atoms with van der Waals surface area (Å²) in [6, 6.07) is 3.76. The second kappa shape index (κ2) is 4.25. The Bertz CT molecular complexity index is 522. The molecule has 0 saturated carbocycles. The molecule has 2 heterocycles. The van der Waals surface area contributed by atoms with Crippen LogP contribution in [0.4, 0.5) is 0 Å². The fourth-order valence-corrected chi connectivity index (χ4v) is 1.58. The Kier molecular flexibility index (Phi) is 2.96. The van der Waals surface area contributed by atoms with Crippen LogP contribution in [0, 0.1) is 13.8 Å². The van der Waals surface area contributed by atoms with Gasteiger partial charge in [-0.2, -0.15) is 5.10 Å². The van der Waals surface area contributed by atoms with E-state index in [9.17, 15) is 0 Å². The van der Waals surface area contributed by atoms with Gasteiger partial charge in [0.2, 0.25) is 11.8 Å². The largest absolute Gasteiger partial charge is 0.421 e. The van der Waals surface area contributed by atoms with Gasteiger partial charge in [-0.15, -0.1) is 0 Å². The molecular weight excluding hydrogens is 270 g/mol. The lowest BCUT2D eigenvalue weighted by Gasteiger charge is -2.05. The third-order valence-corrected chi connectivity index (χ3v) is 3.02. The lowest BCUT2D eigenvalue weighted by molar-refractivity contribution is 0.415. The highest BCUT2D eigenvalue weighted by Gasteiger charge is 2.06. The summed E-state index contributed by atoms with van der Waals surface area (Å²) in [6.07, 6.45) is 1.73. The monoisotopic (exact) mass is 281 g/mol. The molecule has 0 radical (unpaired) electrons. The molecule has 0 aromatic carbocycles. The van der Waals surface area contributed by atoms with Gasteiger partial charge in [-0.3, -0.25) is 0 Å². The lowest BCUT2D eigenvalue weighted by Crippen LogP contribution is -1.96. The molecule has 0 saturated heterocycles. The molecule has 0 unspecified atom stereocenters. The molecule has 0 N–H and O–H groups in total. The van der Waals surface area contributed by atoms with Crippen molar-refractivity contribution < 1.29 is 4.74 Å². The van der Waals surface area contributed by atoms with Crippen LogP contribution in [0.3, 0.4) is 0 Å². The van der Waals surface area contributed by atoms with Gasteiger partial charge in [0.25, 0.3) is 0 Å². The summed E-state index contributed by atoms with van der Waals surface area (Å²) in [5.41, 5.74) is 2.01. The summed E-state index contributed by atoms with van der Waals surface area (Å²) >= 11 is 3.40. The number of hydrogen-bond acceptors (Lipinski definition) is 3. The van der Waals surface area contributed by atoms with Crippen LogP contribution >= 0.6 is 15.9 Å². The third kappa shape index (κ3) is 2.24. The van der Waals surface area contributed by atoms with Crippen LogP contribution in [-0.2, 0) is 7.05 Å². The molecule has 0 bridgehead atoms. The number of rotatable bonds is 2. The molecule has 2 aromatic heterocycles. The molecule has 2 rings (SSSR count). The minimum Gasteiger partial charge on any atom is -0.421 e. The van der Waals surface area contributed by atoms with Crippen molar-refractivity contribution in [2.45, 2.75) is 13.8 Å². The summed E-state index contributed by atoms with van der Waals surface area (Å²) < 4.78 is 8.30. The number of nitrogens with zero attached hydrogens (tertiary/aromatic N) is 3. The third-order valence-electron chi connectivity index (χ3n) is 2.19. The predicted octanol–water partition coefficient (Wildman–Crippen LogP) is 2.99. The first kappa shape index (κ1) is 11.1. The van der Waals surface area contributed by atoms with Gasteiger partial charge in [0, 0.05) is 29.8 Å². The minimum absolute atomic E-state index is 0.573. The van der Waals surface area contributed by atoms with Crippen LogP contribution in [0.25, 0.3) is 0 Å². The highest BCUT2D eigenvalue weighted by molar-refractivity contribution is 9.10. The number of ether oxygens (including phenoxy) is 1. The zero-order valence-electron chi connectivity index (χ0n) is 9.36. The average molecular weight is 282 g/mol. The maximum absolute atomic E-state index is 5.63. The van der Waals surface area contributed by atoms with Crippen LogP contribution in [0.15, 0.2) is 22.8 Å². The Labute approximate surface area is 102 Å². The van der Waals surface area contributed by atoms with E-state index in [0.29, 0.717) is 11.8 Å². The van der Waals surface area contributed by atoms with Crippen LogP contribution < -0.4 is 4.74 Å². The smallest absolute Gasteiger partial charge is 0.221 e. The number of aromatic nitrogens is 3. The van der Waals surface area contributed by atoms with E-state index in [1.165, 1.54) is 0 Å². The number of aryl methyl sites for hydroxylation is 3. The maximum atomic E-state index is 5.63. The summed E-state index contributed by atoms with van der Waals surface area (Å²) in [6.45, 7) is 3.92. The Hall–Kier alpha value is -1.36. The second-order valence-corrected chi connectivity index (χ2v) is 4.48. The lowest BCUT2D eigenvalue weighted by atomic mass is 10.3. The topological polar surface area (TPSA) is 39.9 Å². The number of hydrogen-bond donors (Lipinski definition) is 0. The van der Waals surface area contributed by atoms with Crippen molar-refractivity contribution in [1.29, 1.82) is 0 Å². The van der Waals surface area contributed by atoms with Crippen molar-refractivity contribution in [3.8, 4) is 11.8 Å². The first-order valence-corrected chi connectivity index (χ1v) is 5.66. The molecule has 0 aliphatic carbocycles. The molecule has 4 nitrogen and oxygen atoms in total. The Morgan fingerprint density at radius 2 is 2.06 bits per heavy atom. The van der Waals surface area contributed by atoms with Gasteiger partial charge in [-0.05, 0) is 35.3 Å². The summed E-state index contributed by atoms with van der Waals surface area (Å²) in [4.78, 5) is 4.17. The first-order chi connectivity index (χ1) is 7.56. The van der Waals surface area contributed by atoms with Gasteiger partial charge >= 0.3 is 0 Å². The Morgan fingerprint density at radius 1 is 1.31 bits per heavy atom. The van der Waals surface area contributed by atoms with Gasteiger partial charge in [-0.1, -0.05) is 0 Å². The molecule has 0 atom stereocenters. The molecule has 0 spiro atoms. The van der Waals surface area contributed by atoms with Crippen molar-refractivity contribution in [2.75, 3.05) is 0 Å². The van der Waals surface area contributed by atoms with Gasteiger partial charge in [-0.25, -0.2) is 9.67 Å². The van der Waals surface area contributed by atoms with E-state index in [4.69, 9.17) is 4.74 Å². The molecule has 84 valence electrons. The van der Waals surface area contributed by atoms with Crippen molar-refractivity contribution in [1.82, 2.24) is 14.8 Å². The van der Waals surface area contributed by atoms with Crippen molar-refractivity contribution in [2.24, 2.45) is 7.05 Å². The van der Waals surface area contributed by atoms with E-state index in [1.54, 1.807) is 10.9 Å². The van der Waals surface area contributed by atoms with E-state index in [1.807, 2.05) is 33.0 Å². The predicted molar refractivity (Wildman–Crippen MR) is 64.7 cm³/mol. The number of halogens is 1. The van der Waals surface area contributed by atoms with Crippen molar-refractivity contribution in [3.63, 3.8) is 0 Å². The standard InChI is InChI=1S/C11H12BrN3O/c1-7-4-10(13-6-9(7)12)16-11-5-8(2)14-15(11)3/h4-6H,1-3H3. The normalized spacial score (nSPS) is 10.5. The van der Waals surface area contributed by atoms with Gasteiger partial charge < -0.3 is 4.74 Å². The summed E-state index contributed by atoms with van der Waals surface area (Å²) in [7, 11) is 1.84. The molecule has 16 heavy (non-hydrogen) atoms. The molecule has 2 aromatic rings. The van der Waals surface area contributed by atoms with Gasteiger partial charge in [0.1, 0.15) is 0 Å². The molecular formula is C11H12BrN3O. The molecule has 0 aliphatic heterocycles. The number of pyridine rings is 1. The van der Waals surface area contributed by atoms with Crippen LogP contribution in [0.2, 0.25) is 0 Å². The fraction of sp³-hybridized carbons (Fsp3) is 0.273. The van der Waals surface area contributed by atoms with E-state index >= 15 is 0 Å². The zero-order chi connectivity index (χ0) is 11.7. The quantitative estimate of drug-likeness (QED) is 0.850. The van der Waals surface area contributed by atoms with E-state index in [0.717, 1.165) is 15.7 Å². The Balaban J connectivity index is 2.27. The van der Waals surface area contributed by atoms with Crippen LogP contribution in [0.1, 0.15) is 11.3 Å². The van der Waals surface area contributed by atoms with Crippen LogP contribution in [0.5, 0.6) is 11.8 Å². The van der Waals surface area contributed by atoms with E-state index < -0.39 is 0 Å². The highest BCUT2D eigenvalue weighted by Crippen LogP contribution is 2.23. The maximum Gasteiger partial charge on any atom is 0.221 e. The molecule has 0 fully saturated rings. The van der Waals surface area contributed by atoms with E-state index in [2.05, 4.69) is 26.0 Å². The van der Waals surface area contributed by atoms with Crippen LogP contribution in [-0.4, -0.2) is 14.8 Å². The Morgan fingerprint density at radius 3 is 2.62 bits per heavy atom. The summed E-state index contributed by atoms with van der Waals surface area (Å²) in [5.74, 6) is 1.26. The first-order valence-electron chi connectivity index (χ1n) is 4.87. The van der Waals surface area contributed by atoms with Gasteiger partial charge in [0.15, 0.2) is 0 Å². The highest BCUT2D eigenvalue weighted by atomic mass is 79.9. The van der Waals surface area contributed by atoms with Gasteiger partial charge in [0.05, 0.1) is 5.69 Å². The summed E-state index contributed by atoms with van der Waals surface area (Å²) in [5, 5.41) is 4.20. The minimum atomic E-state index is 0.573.